The van der Waals surface area contributed by atoms with E-state index in [4.69, 9.17) is 9.73 Å². The quantitative estimate of drug-likeness (QED) is 0.569. The van der Waals surface area contributed by atoms with Crippen LogP contribution in [-0.2, 0) is 14.3 Å². The average molecular weight is 483 g/mol. The summed E-state index contributed by atoms with van der Waals surface area (Å²) in [6.45, 7) is 9.58. The Morgan fingerprint density at radius 2 is 1.82 bits per heavy atom. The molecule has 0 bridgehead atoms. The summed E-state index contributed by atoms with van der Waals surface area (Å²) in [5.74, 6) is 0.151. The van der Waals surface area contributed by atoms with Crippen molar-refractivity contribution in [2.75, 3.05) is 40.3 Å². The third kappa shape index (κ3) is 4.79. The monoisotopic (exact) mass is 482 g/mol. The summed E-state index contributed by atoms with van der Waals surface area (Å²) in [6, 6.07) is 8.03. The number of hydrogen-bond acceptors (Lipinski definition) is 7. The Morgan fingerprint density at radius 1 is 1.15 bits per heavy atom. The van der Waals surface area contributed by atoms with Crippen LogP contribution in [-0.4, -0.2) is 72.1 Å². The second-order valence-corrected chi connectivity index (χ2v) is 10.1. The number of hydrogen-bond donors (Lipinski definition) is 0. The smallest absolute Gasteiger partial charge is 0.338 e. The number of carbonyl (C=O) groups excluding carboxylic acids is 2. The zero-order valence-electron chi connectivity index (χ0n) is 20.7. The second-order valence-electron chi connectivity index (χ2n) is 9.28. The molecule has 1 atom stereocenters. The van der Waals surface area contributed by atoms with E-state index in [-0.39, 0.29) is 24.3 Å². The van der Waals surface area contributed by atoms with Crippen LogP contribution in [0.1, 0.15) is 56.7 Å². The number of amides is 1. The highest BCUT2D eigenvalue weighted by Crippen LogP contribution is 2.45. The van der Waals surface area contributed by atoms with Crippen molar-refractivity contribution in [3.05, 3.63) is 57.8 Å². The highest BCUT2D eigenvalue weighted by molar-refractivity contribution is 8.16. The van der Waals surface area contributed by atoms with Crippen LogP contribution < -0.4 is 0 Å². The fraction of sp³-hybridized carbons (Fsp3) is 0.500. The van der Waals surface area contributed by atoms with Crippen molar-refractivity contribution in [1.82, 2.24) is 14.7 Å². The number of carbonyl (C=O) groups is 2. The van der Waals surface area contributed by atoms with Gasteiger partial charge in [-0.25, -0.2) is 9.79 Å². The fourth-order valence-electron chi connectivity index (χ4n) is 4.61. The topological polar surface area (TPSA) is 65.5 Å². The van der Waals surface area contributed by atoms with Gasteiger partial charge in [-0.15, -0.1) is 0 Å². The molecule has 0 spiro atoms. The van der Waals surface area contributed by atoms with E-state index in [1.807, 2.05) is 17.2 Å². The van der Waals surface area contributed by atoms with Gasteiger partial charge in [-0.2, -0.15) is 0 Å². The summed E-state index contributed by atoms with van der Waals surface area (Å²) >= 11 is 1.52. The zero-order valence-corrected chi connectivity index (χ0v) is 21.5. The molecule has 7 nitrogen and oxygen atoms in total. The first kappa shape index (κ1) is 24.5. The number of nitrogens with zero attached hydrogens (tertiary/aromatic N) is 4. The Bertz CT molecular complexity index is 1040. The maximum atomic E-state index is 13.2. The number of thioether (sulfide) groups is 1. The van der Waals surface area contributed by atoms with Crippen molar-refractivity contribution < 1.29 is 14.3 Å². The summed E-state index contributed by atoms with van der Waals surface area (Å²) in [6.07, 6.45) is 0.907. The third-order valence-corrected chi connectivity index (χ3v) is 7.63. The molecule has 0 saturated carbocycles. The molecule has 1 aromatic carbocycles. The molecule has 4 rings (SSSR count). The van der Waals surface area contributed by atoms with Gasteiger partial charge in [0.15, 0.2) is 5.17 Å². The van der Waals surface area contributed by atoms with Crippen LogP contribution in [0.2, 0.25) is 0 Å². The first-order valence-electron chi connectivity index (χ1n) is 11.9. The number of esters is 1. The van der Waals surface area contributed by atoms with Crippen LogP contribution in [0.3, 0.4) is 0 Å². The van der Waals surface area contributed by atoms with Gasteiger partial charge in [0.25, 0.3) is 0 Å². The molecule has 3 aliphatic heterocycles. The lowest BCUT2D eigenvalue weighted by Crippen LogP contribution is -2.47. The Labute approximate surface area is 206 Å². The normalized spacial score (nSPS) is 20.9. The summed E-state index contributed by atoms with van der Waals surface area (Å²) in [5.41, 5.74) is 4.39. The molecular formula is C26H34N4O3S. The van der Waals surface area contributed by atoms with E-state index in [2.05, 4.69) is 55.0 Å². The van der Waals surface area contributed by atoms with E-state index in [9.17, 15) is 9.59 Å². The minimum atomic E-state index is -0.377. The lowest BCUT2D eigenvalue weighted by atomic mass is 9.91. The van der Waals surface area contributed by atoms with Gasteiger partial charge in [0.1, 0.15) is 0 Å². The third-order valence-electron chi connectivity index (χ3n) is 6.74. The molecule has 1 amide bonds. The Hall–Kier alpha value is -2.58. The van der Waals surface area contributed by atoms with Crippen LogP contribution in [0.15, 0.2) is 51.6 Å². The van der Waals surface area contributed by atoms with E-state index in [1.54, 1.807) is 0 Å². The second kappa shape index (κ2) is 10.4. The first-order valence-corrected chi connectivity index (χ1v) is 12.8. The number of benzene rings is 1. The Balaban J connectivity index is 1.69. The molecule has 0 unspecified atom stereocenters. The minimum Gasteiger partial charge on any atom is -0.466 e. The summed E-state index contributed by atoms with van der Waals surface area (Å²) in [5, 5.41) is 2.82. The van der Waals surface area contributed by atoms with Gasteiger partial charge in [0.2, 0.25) is 5.91 Å². The van der Waals surface area contributed by atoms with Crippen molar-refractivity contribution in [1.29, 1.82) is 0 Å². The van der Waals surface area contributed by atoms with Crippen LogP contribution in [0.5, 0.6) is 0 Å². The van der Waals surface area contributed by atoms with Crippen molar-refractivity contribution in [3.8, 4) is 0 Å². The number of fused-ring (bicyclic) bond motifs is 1. The molecule has 1 aromatic rings. The van der Waals surface area contributed by atoms with Gasteiger partial charge in [-0.1, -0.05) is 56.8 Å². The van der Waals surface area contributed by atoms with Crippen molar-refractivity contribution in [2.45, 2.75) is 45.6 Å². The van der Waals surface area contributed by atoms with Crippen molar-refractivity contribution in [3.63, 3.8) is 0 Å². The van der Waals surface area contributed by atoms with E-state index in [0.29, 0.717) is 17.9 Å². The molecule has 0 radical (unpaired) electrons. The van der Waals surface area contributed by atoms with Gasteiger partial charge in [0, 0.05) is 31.9 Å². The average Bonchev–Trinajstić information content (AvgIpc) is 3.24. The molecular weight excluding hydrogens is 448 g/mol. The maximum Gasteiger partial charge on any atom is 0.338 e. The number of piperazine rings is 1. The molecule has 1 saturated heterocycles. The van der Waals surface area contributed by atoms with Gasteiger partial charge in [-0.05, 0) is 35.9 Å². The van der Waals surface area contributed by atoms with E-state index in [1.165, 1.54) is 24.4 Å². The van der Waals surface area contributed by atoms with Gasteiger partial charge >= 0.3 is 5.97 Å². The van der Waals surface area contributed by atoms with E-state index < -0.39 is 0 Å². The fourth-order valence-corrected chi connectivity index (χ4v) is 5.55. The Kier molecular flexibility index (Phi) is 7.48. The van der Waals surface area contributed by atoms with Crippen molar-refractivity contribution >= 4 is 28.8 Å². The lowest BCUT2D eigenvalue weighted by molar-refractivity contribution is -0.136. The molecule has 0 aliphatic carbocycles. The molecule has 0 N–H and O–H groups in total. The molecule has 34 heavy (non-hydrogen) atoms. The molecule has 3 heterocycles. The van der Waals surface area contributed by atoms with Crippen LogP contribution in [0.25, 0.3) is 0 Å². The zero-order chi connectivity index (χ0) is 24.4. The minimum absolute atomic E-state index is 0.111. The SMILES string of the molecule is CCC1=C(C(=O)OC)[C@@H](c2ccc(C(C)C)cc2)N2C(CC(=O)N3CCN(C)CC3)=CSC2=N1. The lowest BCUT2D eigenvalue weighted by Gasteiger charge is -2.37. The molecule has 3 aliphatic rings. The van der Waals surface area contributed by atoms with Gasteiger partial charge < -0.3 is 19.4 Å². The highest BCUT2D eigenvalue weighted by atomic mass is 32.2. The molecule has 182 valence electrons. The molecule has 0 aromatic heterocycles. The predicted octanol–water partition coefficient (Wildman–Crippen LogP) is 4.11. The number of ether oxygens (including phenoxy) is 1. The van der Waals surface area contributed by atoms with Crippen LogP contribution in [0.4, 0.5) is 0 Å². The molecule has 1 fully saturated rings. The van der Waals surface area contributed by atoms with Crippen molar-refractivity contribution in [2.24, 2.45) is 4.99 Å². The standard InChI is InChI=1S/C26H34N4O3S/c1-6-21-23(25(32)33-5)24(19-9-7-18(8-10-19)17(2)3)30-20(16-34-26(30)27-21)15-22(31)29-13-11-28(4)12-14-29/h7-10,16-17,24H,6,11-15H2,1-5H3/t24-/m1/s1. The first-order chi connectivity index (χ1) is 16.3. The highest BCUT2D eigenvalue weighted by Gasteiger charge is 2.41. The van der Waals surface area contributed by atoms with Gasteiger partial charge in [0.05, 0.1) is 30.8 Å². The number of allylic oxidation sites excluding steroid dienone is 1. The van der Waals surface area contributed by atoms with E-state index >= 15 is 0 Å². The summed E-state index contributed by atoms with van der Waals surface area (Å²) in [7, 11) is 3.49. The Morgan fingerprint density at radius 3 is 2.41 bits per heavy atom. The number of likely N-dealkylation sites (N-methyl/N-ethyl adjacent to an activating group) is 1. The largest absolute Gasteiger partial charge is 0.466 e. The molecule has 8 heteroatoms. The van der Waals surface area contributed by atoms with Gasteiger partial charge in [-0.3, -0.25) is 4.79 Å². The summed E-state index contributed by atoms with van der Waals surface area (Å²) in [4.78, 5) is 37.2. The van der Waals surface area contributed by atoms with Crippen LogP contribution in [0, 0.1) is 0 Å². The number of rotatable bonds is 6. The summed E-state index contributed by atoms with van der Waals surface area (Å²) < 4.78 is 5.21. The maximum absolute atomic E-state index is 13.2. The van der Waals surface area contributed by atoms with E-state index in [0.717, 1.165) is 48.3 Å². The predicted molar refractivity (Wildman–Crippen MR) is 136 cm³/mol. The number of amidine groups is 1. The number of aliphatic imine (C=N–C) groups is 1. The number of methoxy groups -OCH3 is 1. The van der Waals surface area contributed by atoms with Crippen LogP contribution >= 0.6 is 11.8 Å².